The zero-order valence-electron chi connectivity index (χ0n) is 8.62. The molecule has 2 N–H and O–H groups in total. The van der Waals surface area contributed by atoms with E-state index in [9.17, 15) is 0 Å². The van der Waals surface area contributed by atoms with Crippen LogP contribution in [0.2, 0.25) is 0 Å². The molecule has 0 aromatic heterocycles. The molecule has 0 amide bonds. The van der Waals surface area contributed by atoms with Gasteiger partial charge in [-0.25, -0.2) is 0 Å². The van der Waals surface area contributed by atoms with E-state index in [0.717, 1.165) is 0 Å². The third kappa shape index (κ3) is 1.88. The van der Waals surface area contributed by atoms with Crippen molar-refractivity contribution in [1.82, 2.24) is 4.90 Å². The smallest absolute Gasteiger partial charge is 0.0305 e. The number of hydrogen-bond acceptors (Lipinski definition) is 3. The summed E-state index contributed by atoms with van der Waals surface area (Å²) in [5, 5.41) is 0.659. The van der Waals surface area contributed by atoms with Gasteiger partial charge in [0.1, 0.15) is 0 Å². The summed E-state index contributed by atoms with van der Waals surface area (Å²) in [5.74, 6) is 0. The van der Waals surface area contributed by atoms with Crippen LogP contribution in [0.3, 0.4) is 0 Å². The van der Waals surface area contributed by atoms with Crippen LogP contribution in [0.1, 0.15) is 26.2 Å². The molecule has 2 saturated heterocycles. The summed E-state index contributed by atoms with van der Waals surface area (Å²) < 4.78 is 0.506. The molecule has 2 aliphatic heterocycles. The van der Waals surface area contributed by atoms with Gasteiger partial charge in [0.05, 0.1) is 0 Å². The molecule has 0 aromatic rings. The molecule has 0 aromatic carbocycles. The van der Waals surface area contributed by atoms with E-state index in [1.54, 1.807) is 0 Å². The van der Waals surface area contributed by atoms with Crippen LogP contribution < -0.4 is 5.73 Å². The van der Waals surface area contributed by atoms with Crippen LogP contribution >= 0.6 is 11.8 Å². The second kappa shape index (κ2) is 3.44. The van der Waals surface area contributed by atoms with Crippen molar-refractivity contribution in [1.29, 1.82) is 0 Å². The van der Waals surface area contributed by atoms with Gasteiger partial charge in [0.15, 0.2) is 0 Å². The topological polar surface area (TPSA) is 29.3 Å². The predicted molar refractivity (Wildman–Crippen MR) is 59.1 cm³/mol. The largest absolute Gasteiger partial charge is 0.327 e. The Bertz CT molecular complexity index is 180. The third-order valence-corrected chi connectivity index (χ3v) is 5.10. The highest BCUT2D eigenvalue weighted by Crippen LogP contribution is 2.47. The maximum Gasteiger partial charge on any atom is 0.0305 e. The summed E-state index contributed by atoms with van der Waals surface area (Å²) in [7, 11) is 2.23. The Kier molecular flexibility index (Phi) is 2.60. The van der Waals surface area contributed by atoms with E-state index in [1.165, 1.54) is 32.4 Å². The average Bonchev–Trinajstić information content (AvgIpc) is 2.26. The van der Waals surface area contributed by atoms with Crippen molar-refractivity contribution in [2.24, 2.45) is 5.73 Å². The third-order valence-electron chi connectivity index (χ3n) is 3.38. The van der Waals surface area contributed by atoms with Gasteiger partial charge in [0.2, 0.25) is 0 Å². The number of piperidine rings is 1. The molecule has 0 bridgehead atoms. The molecule has 2 nitrogen and oxygen atoms in total. The van der Waals surface area contributed by atoms with E-state index in [1.807, 2.05) is 0 Å². The summed E-state index contributed by atoms with van der Waals surface area (Å²) in [6.45, 7) is 4.79. The van der Waals surface area contributed by atoms with Gasteiger partial charge in [0, 0.05) is 22.6 Å². The Balaban J connectivity index is 2.04. The first-order valence-electron chi connectivity index (χ1n) is 5.23. The zero-order chi connectivity index (χ0) is 9.47. The lowest BCUT2D eigenvalue weighted by atomic mass is 9.91. The fourth-order valence-corrected chi connectivity index (χ4v) is 4.61. The average molecular weight is 200 g/mol. The standard InChI is InChI=1S/C10H20N2S/c1-8-9(11)6-10(13-8)4-3-5-12(2)7-10/h8-9H,3-7,11H2,1-2H3. The quantitative estimate of drug-likeness (QED) is 0.639. The molecular weight excluding hydrogens is 180 g/mol. The van der Waals surface area contributed by atoms with Crippen molar-refractivity contribution in [3.05, 3.63) is 0 Å². The monoisotopic (exact) mass is 200 g/mol. The Morgan fingerprint density at radius 2 is 2.31 bits per heavy atom. The van der Waals surface area contributed by atoms with Crippen LogP contribution in [0.4, 0.5) is 0 Å². The van der Waals surface area contributed by atoms with Crippen molar-refractivity contribution in [3.63, 3.8) is 0 Å². The van der Waals surface area contributed by atoms with Gasteiger partial charge in [-0.05, 0) is 32.9 Å². The molecule has 2 heterocycles. The first-order valence-corrected chi connectivity index (χ1v) is 6.11. The molecule has 13 heavy (non-hydrogen) atoms. The lowest BCUT2D eigenvalue weighted by Crippen LogP contribution is -2.43. The second-order valence-corrected chi connectivity index (χ2v) is 6.56. The van der Waals surface area contributed by atoms with Gasteiger partial charge in [0.25, 0.3) is 0 Å². The summed E-state index contributed by atoms with van der Waals surface area (Å²) >= 11 is 2.13. The van der Waals surface area contributed by atoms with Crippen molar-refractivity contribution in [3.8, 4) is 0 Å². The molecule has 2 rings (SSSR count). The van der Waals surface area contributed by atoms with Crippen LogP contribution in [-0.4, -0.2) is 41.1 Å². The van der Waals surface area contributed by atoms with Gasteiger partial charge < -0.3 is 10.6 Å². The van der Waals surface area contributed by atoms with E-state index in [2.05, 4.69) is 30.6 Å². The molecule has 2 aliphatic rings. The van der Waals surface area contributed by atoms with Crippen molar-refractivity contribution in [2.75, 3.05) is 20.1 Å². The summed E-state index contributed by atoms with van der Waals surface area (Å²) in [6, 6.07) is 0.427. The SMILES string of the molecule is CC1SC2(CCCN(C)C2)CC1N. The molecule has 3 unspecified atom stereocenters. The Morgan fingerprint density at radius 1 is 1.54 bits per heavy atom. The summed E-state index contributed by atoms with van der Waals surface area (Å²) in [6.07, 6.45) is 3.95. The predicted octanol–water partition coefficient (Wildman–Crippen LogP) is 1.30. The molecule has 3 atom stereocenters. The molecule has 0 saturated carbocycles. The fourth-order valence-electron chi connectivity index (χ4n) is 2.71. The minimum absolute atomic E-state index is 0.427. The number of rotatable bonds is 0. The van der Waals surface area contributed by atoms with Gasteiger partial charge in [-0.1, -0.05) is 6.92 Å². The fraction of sp³-hybridized carbons (Fsp3) is 1.00. The number of nitrogens with zero attached hydrogens (tertiary/aromatic N) is 1. The van der Waals surface area contributed by atoms with Gasteiger partial charge in [-0.15, -0.1) is 11.8 Å². The highest BCUT2D eigenvalue weighted by molar-refractivity contribution is 8.01. The number of thioether (sulfide) groups is 1. The van der Waals surface area contributed by atoms with Crippen LogP contribution in [0, 0.1) is 0 Å². The summed E-state index contributed by atoms with van der Waals surface area (Å²) in [4.78, 5) is 2.46. The molecular formula is C10H20N2S. The molecule has 3 heteroatoms. The van der Waals surface area contributed by atoms with E-state index < -0.39 is 0 Å². The van der Waals surface area contributed by atoms with Crippen molar-refractivity contribution in [2.45, 2.75) is 42.2 Å². The first kappa shape index (κ1) is 9.81. The molecule has 2 fully saturated rings. The van der Waals surface area contributed by atoms with E-state index in [-0.39, 0.29) is 0 Å². The maximum atomic E-state index is 6.09. The highest BCUT2D eigenvalue weighted by Gasteiger charge is 2.44. The Hall–Kier alpha value is 0.270. The maximum absolute atomic E-state index is 6.09. The van der Waals surface area contributed by atoms with E-state index in [4.69, 9.17) is 5.73 Å². The van der Waals surface area contributed by atoms with E-state index >= 15 is 0 Å². The molecule has 76 valence electrons. The van der Waals surface area contributed by atoms with Crippen molar-refractivity contribution < 1.29 is 0 Å². The van der Waals surface area contributed by atoms with E-state index in [0.29, 0.717) is 16.0 Å². The van der Waals surface area contributed by atoms with Crippen LogP contribution in [-0.2, 0) is 0 Å². The zero-order valence-corrected chi connectivity index (χ0v) is 9.44. The number of nitrogens with two attached hydrogens (primary N) is 1. The van der Waals surface area contributed by atoms with Crippen LogP contribution in [0.25, 0.3) is 0 Å². The number of hydrogen-bond donors (Lipinski definition) is 1. The lowest BCUT2D eigenvalue weighted by molar-refractivity contribution is 0.225. The molecule has 1 spiro atoms. The lowest BCUT2D eigenvalue weighted by Gasteiger charge is -2.38. The van der Waals surface area contributed by atoms with Crippen molar-refractivity contribution >= 4 is 11.8 Å². The Morgan fingerprint density at radius 3 is 2.85 bits per heavy atom. The van der Waals surface area contributed by atoms with Gasteiger partial charge in [-0.3, -0.25) is 0 Å². The molecule has 0 aliphatic carbocycles. The summed E-state index contributed by atoms with van der Waals surface area (Å²) in [5.41, 5.74) is 6.09. The van der Waals surface area contributed by atoms with Gasteiger partial charge >= 0.3 is 0 Å². The Labute approximate surface area is 85.2 Å². The highest BCUT2D eigenvalue weighted by atomic mass is 32.2. The second-order valence-electron chi connectivity index (χ2n) is 4.72. The number of likely N-dealkylation sites (tertiary alicyclic amines) is 1. The van der Waals surface area contributed by atoms with Gasteiger partial charge in [-0.2, -0.15) is 0 Å². The minimum atomic E-state index is 0.427. The molecule has 0 radical (unpaired) electrons. The minimum Gasteiger partial charge on any atom is -0.327 e. The van der Waals surface area contributed by atoms with Crippen LogP contribution in [0.5, 0.6) is 0 Å². The first-order chi connectivity index (χ1) is 6.11. The van der Waals surface area contributed by atoms with Crippen LogP contribution in [0.15, 0.2) is 0 Å². The normalized spacial score (nSPS) is 47.3.